The molecule has 2 nitrogen and oxygen atoms in total. The molecule has 0 heterocycles. The van der Waals surface area contributed by atoms with Crippen LogP contribution in [0.2, 0.25) is 0 Å². The van der Waals surface area contributed by atoms with Gasteiger partial charge >= 0.3 is 0 Å². The van der Waals surface area contributed by atoms with Crippen LogP contribution in [0.1, 0.15) is 57.8 Å². The van der Waals surface area contributed by atoms with Crippen molar-refractivity contribution in [2.45, 2.75) is 69.5 Å². The molecular weight excluding hydrogens is 188 g/mol. The number of hydrogen-bond acceptors (Lipinski definition) is 2. The van der Waals surface area contributed by atoms with E-state index in [-0.39, 0.29) is 11.7 Å². The van der Waals surface area contributed by atoms with E-state index in [9.17, 15) is 5.11 Å². The molecule has 0 aromatic heterocycles. The lowest BCUT2D eigenvalue weighted by Gasteiger charge is -2.46. The minimum absolute atomic E-state index is 0.172. The van der Waals surface area contributed by atoms with Crippen molar-refractivity contribution in [1.82, 2.24) is 0 Å². The second-order valence-corrected chi connectivity index (χ2v) is 5.32. The van der Waals surface area contributed by atoms with Gasteiger partial charge in [0.2, 0.25) is 0 Å². The largest absolute Gasteiger partial charge is 0.390 e. The van der Waals surface area contributed by atoms with Crippen LogP contribution in [0.15, 0.2) is 0 Å². The predicted octanol–water partition coefficient (Wildman–Crippen LogP) is 2.89. The lowest BCUT2D eigenvalue weighted by molar-refractivity contribution is -0.168. The molecule has 0 amide bonds. The number of rotatable bonds is 3. The first kappa shape index (κ1) is 11.4. The minimum Gasteiger partial charge on any atom is -0.390 e. The zero-order valence-corrected chi connectivity index (χ0v) is 9.87. The van der Waals surface area contributed by atoms with Crippen LogP contribution in [-0.2, 0) is 4.74 Å². The summed E-state index contributed by atoms with van der Waals surface area (Å²) in [5, 5.41) is 10.4. The van der Waals surface area contributed by atoms with Gasteiger partial charge in [0.1, 0.15) is 0 Å². The van der Waals surface area contributed by atoms with Crippen molar-refractivity contribution in [2.24, 2.45) is 5.92 Å². The highest BCUT2D eigenvalue weighted by atomic mass is 16.5. The molecule has 15 heavy (non-hydrogen) atoms. The van der Waals surface area contributed by atoms with Crippen molar-refractivity contribution in [1.29, 1.82) is 0 Å². The van der Waals surface area contributed by atoms with E-state index in [0.29, 0.717) is 5.92 Å². The van der Waals surface area contributed by atoms with Gasteiger partial charge in [-0.25, -0.2) is 0 Å². The van der Waals surface area contributed by atoms with E-state index < -0.39 is 0 Å². The molecule has 0 aromatic rings. The summed E-state index contributed by atoms with van der Waals surface area (Å²) in [4.78, 5) is 0. The molecule has 0 aliphatic heterocycles. The van der Waals surface area contributed by atoms with Crippen LogP contribution >= 0.6 is 0 Å². The van der Waals surface area contributed by atoms with Gasteiger partial charge in [-0.15, -0.1) is 0 Å². The van der Waals surface area contributed by atoms with E-state index >= 15 is 0 Å². The number of aliphatic hydroxyl groups is 1. The van der Waals surface area contributed by atoms with Gasteiger partial charge in [0.15, 0.2) is 0 Å². The van der Waals surface area contributed by atoms with Gasteiger partial charge < -0.3 is 9.84 Å². The summed E-state index contributed by atoms with van der Waals surface area (Å²) in [5.74, 6) is 0.493. The van der Waals surface area contributed by atoms with Gasteiger partial charge in [0.05, 0.1) is 11.7 Å². The Hall–Kier alpha value is -0.0800. The van der Waals surface area contributed by atoms with Crippen LogP contribution in [0.4, 0.5) is 0 Å². The molecule has 0 radical (unpaired) electrons. The minimum atomic E-state index is -0.214. The van der Waals surface area contributed by atoms with Crippen LogP contribution in [0.25, 0.3) is 0 Å². The maximum atomic E-state index is 10.4. The number of hydrogen-bond donors (Lipinski definition) is 1. The van der Waals surface area contributed by atoms with E-state index in [0.717, 1.165) is 12.8 Å². The standard InChI is InChI=1S/C13H24O2/c1-15-13(9-6-10-13)12(14)11-7-4-2-3-5-8-11/h11-12,14H,2-10H2,1H3. The summed E-state index contributed by atoms with van der Waals surface area (Å²) in [6.07, 6.45) is 10.8. The highest BCUT2D eigenvalue weighted by Crippen LogP contribution is 2.43. The third-order valence-electron chi connectivity index (χ3n) is 4.49. The Balaban J connectivity index is 1.95. The molecule has 0 bridgehead atoms. The van der Waals surface area contributed by atoms with Gasteiger partial charge in [-0.3, -0.25) is 0 Å². The van der Waals surface area contributed by atoms with Crippen LogP contribution < -0.4 is 0 Å². The lowest BCUT2D eigenvalue weighted by Crippen LogP contribution is -2.53. The smallest absolute Gasteiger partial charge is 0.0939 e. The summed E-state index contributed by atoms with van der Waals surface area (Å²) in [6.45, 7) is 0. The van der Waals surface area contributed by atoms with Gasteiger partial charge in [-0.2, -0.15) is 0 Å². The molecule has 2 aliphatic carbocycles. The Labute approximate surface area is 93.0 Å². The normalized spacial score (nSPS) is 29.2. The maximum Gasteiger partial charge on any atom is 0.0939 e. The molecule has 2 saturated carbocycles. The zero-order chi connectivity index (χ0) is 10.7. The Morgan fingerprint density at radius 1 is 1.07 bits per heavy atom. The molecule has 88 valence electrons. The quantitative estimate of drug-likeness (QED) is 0.729. The van der Waals surface area contributed by atoms with Gasteiger partial charge in [0.25, 0.3) is 0 Å². The SMILES string of the molecule is COC1(C(O)C2CCCCCC2)CCC1. The van der Waals surface area contributed by atoms with E-state index in [1.807, 2.05) is 0 Å². The summed E-state index contributed by atoms with van der Waals surface area (Å²) in [6, 6.07) is 0. The van der Waals surface area contributed by atoms with Gasteiger partial charge in [-0.05, 0) is 38.0 Å². The first-order valence-electron chi connectivity index (χ1n) is 6.52. The second kappa shape index (κ2) is 4.84. The van der Waals surface area contributed by atoms with Crippen molar-refractivity contribution in [3.8, 4) is 0 Å². The first-order chi connectivity index (χ1) is 7.28. The van der Waals surface area contributed by atoms with Gasteiger partial charge in [0, 0.05) is 7.11 Å². The molecule has 2 aliphatic rings. The van der Waals surface area contributed by atoms with Crippen LogP contribution in [-0.4, -0.2) is 23.9 Å². The number of methoxy groups -OCH3 is 1. The summed E-state index contributed by atoms with van der Waals surface area (Å²) >= 11 is 0. The Bertz CT molecular complexity index is 185. The van der Waals surface area contributed by atoms with Crippen LogP contribution in [0.3, 0.4) is 0 Å². The topological polar surface area (TPSA) is 29.5 Å². The fourth-order valence-corrected chi connectivity index (χ4v) is 3.20. The lowest BCUT2D eigenvalue weighted by atomic mass is 9.70. The van der Waals surface area contributed by atoms with Crippen LogP contribution in [0, 0.1) is 5.92 Å². The molecule has 1 unspecified atom stereocenters. The van der Waals surface area contributed by atoms with Gasteiger partial charge in [-0.1, -0.05) is 25.7 Å². The molecule has 2 heteroatoms. The summed E-state index contributed by atoms with van der Waals surface area (Å²) in [5.41, 5.74) is -0.172. The van der Waals surface area contributed by atoms with Crippen LogP contribution in [0.5, 0.6) is 0 Å². The third-order valence-corrected chi connectivity index (χ3v) is 4.49. The average Bonchev–Trinajstić information content (AvgIpc) is 2.44. The third kappa shape index (κ3) is 2.21. The van der Waals surface area contributed by atoms with Crippen molar-refractivity contribution < 1.29 is 9.84 Å². The van der Waals surface area contributed by atoms with Crippen molar-refractivity contribution in [2.75, 3.05) is 7.11 Å². The monoisotopic (exact) mass is 212 g/mol. The predicted molar refractivity (Wildman–Crippen MR) is 60.8 cm³/mol. The Kier molecular flexibility index (Phi) is 3.68. The van der Waals surface area contributed by atoms with Crippen molar-refractivity contribution >= 4 is 0 Å². The van der Waals surface area contributed by atoms with E-state index in [2.05, 4.69) is 0 Å². The highest BCUT2D eigenvalue weighted by Gasteiger charge is 2.46. The average molecular weight is 212 g/mol. The summed E-state index contributed by atoms with van der Waals surface area (Å²) in [7, 11) is 1.76. The molecule has 0 aromatic carbocycles. The maximum absolute atomic E-state index is 10.4. The fourth-order valence-electron chi connectivity index (χ4n) is 3.20. The van der Waals surface area contributed by atoms with Crippen molar-refractivity contribution in [3.63, 3.8) is 0 Å². The molecule has 1 N–H and O–H groups in total. The molecule has 2 rings (SSSR count). The molecule has 1 atom stereocenters. The molecule has 0 saturated heterocycles. The number of aliphatic hydroxyl groups excluding tert-OH is 1. The molecule has 2 fully saturated rings. The Morgan fingerprint density at radius 2 is 1.67 bits per heavy atom. The van der Waals surface area contributed by atoms with E-state index in [1.54, 1.807) is 7.11 Å². The zero-order valence-electron chi connectivity index (χ0n) is 9.87. The Morgan fingerprint density at radius 3 is 2.07 bits per heavy atom. The first-order valence-corrected chi connectivity index (χ1v) is 6.52. The van der Waals surface area contributed by atoms with Crippen molar-refractivity contribution in [3.05, 3.63) is 0 Å². The van der Waals surface area contributed by atoms with E-state index in [1.165, 1.54) is 44.9 Å². The molecule has 0 spiro atoms. The number of ether oxygens (including phenoxy) is 1. The molecular formula is C13H24O2. The summed E-state index contributed by atoms with van der Waals surface area (Å²) < 4.78 is 5.58. The highest BCUT2D eigenvalue weighted by molar-refractivity contribution is 4.98. The second-order valence-electron chi connectivity index (χ2n) is 5.32. The van der Waals surface area contributed by atoms with E-state index in [4.69, 9.17) is 4.74 Å². The fraction of sp³-hybridized carbons (Fsp3) is 1.00.